The van der Waals surface area contributed by atoms with Gasteiger partial charge in [0.25, 0.3) is 0 Å². The lowest BCUT2D eigenvalue weighted by molar-refractivity contribution is 0.0828. The highest BCUT2D eigenvalue weighted by molar-refractivity contribution is 6.09. The van der Waals surface area contributed by atoms with Crippen LogP contribution in [0.2, 0.25) is 0 Å². The Morgan fingerprint density at radius 3 is 2.53 bits per heavy atom. The van der Waals surface area contributed by atoms with Gasteiger partial charge in [0.1, 0.15) is 0 Å². The summed E-state index contributed by atoms with van der Waals surface area (Å²) in [5.74, 6) is -0.367. The Morgan fingerprint density at radius 1 is 1.16 bits per heavy atom. The molecule has 0 radical (unpaired) electrons. The first-order valence-corrected chi connectivity index (χ1v) is 6.41. The van der Waals surface area contributed by atoms with E-state index in [0.29, 0.717) is 12.1 Å². The van der Waals surface area contributed by atoms with E-state index in [-0.39, 0.29) is 18.3 Å². The van der Waals surface area contributed by atoms with Gasteiger partial charge in [0.2, 0.25) is 0 Å². The van der Waals surface area contributed by atoms with E-state index in [4.69, 9.17) is 0 Å². The average Bonchev–Trinajstić information content (AvgIpc) is 2.43. The predicted molar refractivity (Wildman–Crippen MR) is 77.4 cm³/mol. The van der Waals surface area contributed by atoms with Crippen LogP contribution < -0.4 is 0 Å². The Morgan fingerprint density at radius 2 is 1.84 bits per heavy atom. The van der Waals surface area contributed by atoms with Gasteiger partial charge in [-0.1, -0.05) is 42.5 Å². The second-order valence-electron chi connectivity index (χ2n) is 5.03. The van der Waals surface area contributed by atoms with Crippen molar-refractivity contribution in [2.24, 2.45) is 5.92 Å². The fourth-order valence-corrected chi connectivity index (χ4v) is 2.32. The van der Waals surface area contributed by atoms with Crippen LogP contribution in [-0.2, 0) is 0 Å². The van der Waals surface area contributed by atoms with E-state index in [2.05, 4.69) is 0 Å². The van der Waals surface area contributed by atoms with Crippen molar-refractivity contribution in [3.05, 3.63) is 48.0 Å². The molecular weight excluding hydrogens is 238 g/mol. The number of ketones is 1. The normalized spacial score (nSPS) is 12.8. The molecule has 0 spiro atoms. The van der Waals surface area contributed by atoms with Crippen molar-refractivity contribution < 1.29 is 9.90 Å². The highest BCUT2D eigenvalue weighted by Gasteiger charge is 2.21. The van der Waals surface area contributed by atoms with E-state index in [1.807, 2.05) is 61.5 Å². The van der Waals surface area contributed by atoms with Crippen LogP contribution in [0, 0.1) is 5.92 Å². The Hall–Kier alpha value is -1.71. The molecule has 0 bridgehead atoms. The summed E-state index contributed by atoms with van der Waals surface area (Å²) >= 11 is 0. The lowest BCUT2D eigenvalue weighted by Gasteiger charge is -2.18. The molecule has 19 heavy (non-hydrogen) atoms. The van der Waals surface area contributed by atoms with Crippen LogP contribution in [0.4, 0.5) is 0 Å². The van der Waals surface area contributed by atoms with E-state index in [1.54, 1.807) is 0 Å². The van der Waals surface area contributed by atoms with Gasteiger partial charge >= 0.3 is 0 Å². The Kier molecular flexibility index (Phi) is 4.30. The molecule has 0 aromatic heterocycles. The Balaban J connectivity index is 2.40. The molecule has 1 N–H and O–H groups in total. The van der Waals surface area contributed by atoms with Gasteiger partial charge < -0.3 is 10.0 Å². The van der Waals surface area contributed by atoms with Crippen molar-refractivity contribution >= 4 is 16.6 Å². The first-order chi connectivity index (χ1) is 9.13. The number of hydrogen-bond donors (Lipinski definition) is 1. The third kappa shape index (κ3) is 3.00. The molecule has 1 atom stereocenters. The molecule has 3 nitrogen and oxygen atoms in total. The first-order valence-electron chi connectivity index (χ1n) is 6.41. The lowest BCUT2D eigenvalue weighted by Crippen LogP contribution is -2.30. The van der Waals surface area contributed by atoms with Crippen LogP contribution in [0.3, 0.4) is 0 Å². The van der Waals surface area contributed by atoms with Crippen molar-refractivity contribution in [2.45, 2.75) is 0 Å². The lowest BCUT2D eigenvalue weighted by atomic mass is 9.93. The van der Waals surface area contributed by atoms with Crippen LogP contribution in [0.25, 0.3) is 10.8 Å². The summed E-state index contributed by atoms with van der Waals surface area (Å²) in [5, 5.41) is 11.4. The molecule has 2 rings (SSSR count). The minimum absolute atomic E-state index is 0.00741. The smallest absolute Gasteiger partial charge is 0.170 e. The fourth-order valence-electron chi connectivity index (χ4n) is 2.32. The summed E-state index contributed by atoms with van der Waals surface area (Å²) in [4.78, 5) is 14.5. The molecule has 0 aliphatic carbocycles. The number of rotatable bonds is 5. The zero-order valence-electron chi connectivity index (χ0n) is 11.3. The molecule has 0 heterocycles. The molecule has 0 aliphatic rings. The molecule has 0 aliphatic heterocycles. The standard InChI is InChI=1S/C16H19NO2/c1-17(2)10-13(11-18)16(19)15-9-5-7-12-6-3-4-8-14(12)15/h3-9,13,18H,10-11H2,1-2H3. The van der Waals surface area contributed by atoms with Gasteiger partial charge in [-0.05, 0) is 24.9 Å². The second kappa shape index (κ2) is 5.95. The van der Waals surface area contributed by atoms with Crippen LogP contribution >= 0.6 is 0 Å². The molecule has 2 aromatic rings. The van der Waals surface area contributed by atoms with Crippen LogP contribution in [-0.4, -0.2) is 43.0 Å². The minimum Gasteiger partial charge on any atom is -0.396 e. The fraction of sp³-hybridized carbons (Fsp3) is 0.312. The summed E-state index contributed by atoms with van der Waals surface area (Å²) in [7, 11) is 3.80. The third-order valence-electron chi connectivity index (χ3n) is 3.23. The van der Waals surface area contributed by atoms with Gasteiger partial charge in [-0.25, -0.2) is 0 Å². The quantitative estimate of drug-likeness (QED) is 0.835. The number of hydrogen-bond acceptors (Lipinski definition) is 3. The summed E-state index contributed by atoms with van der Waals surface area (Å²) in [6.07, 6.45) is 0. The van der Waals surface area contributed by atoms with Gasteiger partial charge in [0.15, 0.2) is 5.78 Å². The number of benzene rings is 2. The van der Waals surface area contributed by atoms with Gasteiger partial charge in [0.05, 0.1) is 12.5 Å². The van der Waals surface area contributed by atoms with Gasteiger partial charge in [-0.3, -0.25) is 4.79 Å². The van der Waals surface area contributed by atoms with Gasteiger partial charge in [-0.15, -0.1) is 0 Å². The molecule has 0 fully saturated rings. The molecule has 1 unspecified atom stereocenters. The highest BCUT2D eigenvalue weighted by Crippen LogP contribution is 2.21. The zero-order chi connectivity index (χ0) is 13.8. The maximum Gasteiger partial charge on any atom is 0.170 e. The first kappa shape index (κ1) is 13.7. The molecule has 100 valence electrons. The molecule has 0 saturated carbocycles. The average molecular weight is 257 g/mol. The summed E-state index contributed by atoms with van der Waals surface area (Å²) in [6.45, 7) is 0.429. The number of aliphatic hydroxyl groups excluding tert-OH is 1. The molecular formula is C16H19NO2. The molecule has 0 amide bonds. The summed E-state index contributed by atoms with van der Waals surface area (Å²) in [6, 6.07) is 13.5. The minimum atomic E-state index is -0.374. The molecule has 2 aromatic carbocycles. The SMILES string of the molecule is CN(C)CC(CO)C(=O)c1cccc2ccccc12. The highest BCUT2D eigenvalue weighted by atomic mass is 16.3. The zero-order valence-corrected chi connectivity index (χ0v) is 11.3. The third-order valence-corrected chi connectivity index (χ3v) is 3.23. The number of nitrogens with zero attached hydrogens (tertiary/aromatic N) is 1. The molecule has 0 saturated heterocycles. The Labute approximate surface area is 113 Å². The van der Waals surface area contributed by atoms with Crippen molar-refractivity contribution in [3.63, 3.8) is 0 Å². The second-order valence-corrected chi connectivity index (χ2v) is 5.03. The molecule has 3 heteroatoms. The maximum atomic E-state index is 12.5. The van der Waals surface area contributed by atoms with Gasteiger partial charge in [0, 0.05) is 12.1 Å². The monoisotopic (exact) mass is 257 g/mol. The van der Waals surface area contributed by atoms with Crippen LogP contribution in [0.5, 0.6) is 0 Å². The maximum absolute atomic E-state index is 12.5. The van der Waals surface area contributed by atoms with Crippen molar-refractivity contribution in [1.82, 2.24) is 4.90 Å². The van der Waals surface area contributed by atoms with Crippen LogP contribution in [0.1, 0.15) is 10.4 Å². The Bertz CT molecular complexity index is 572. The number of carbonyl (C=O) groups is 1. The van der Waals surface area contributed by atoms with E-state index in [1.165, 1.54) is 0 Å². The van der Waals surface area contributed by atoms with E-state index >= 15 is 0 Å². The van der Waals surface area contributed by atoms with Crippen molar-refractivity contribution in [3.8, 4) is 0 Å². The summed E-state index contributed by atoms with van der Waals surface area (Å²) in [5.41, 5.74) is 0.694. The van der Waals surface area contributed by atoms with Crippen molar-refractivity contribution in [2.75, 3.05) is 27.2 Å². The number of carbonyl (C=O) groups excluding carboxylic acids is 1. The van der Waals surface area contributed by atoms with E-state index in [9.17, 15) is 9.90 Å². The topological polar surface area (TPSA) is 40.5 Å². The predicted octanol–water partition coefficient (Wildman–Crippen LogP) is 2.19. The number of fused-ring (bicyclic) bond motifs is 1. The van der Waals surface area contributed by atoms with E-state index < -0.39 is 0 Å². The van der Waals surface area contributed by atoms with E-state index in [0.717, 1.165) is 10.8 Å². The van der Waals surface area contributed by atoms with Gasteiger partial charge in [-0.2, -0.15) is 0 Å². The van der Waals surface area contributed by atoms with Crippen molar-refractivity contribution in [1.29, 1.82) is 0 Å². The summed E-state index contributed by atoms with van der Waals surface area (Å²) < 4.78 is 0. The number of aliphatic hydroxyl groups is 1. The van der Waals surface area contributed by atoms with Crippen LogP contribution in [0.15, 0.2) is 42.5 Å². The number of Topliss-reactive ketones (excluding diaryl/α,β-unsaturated/α-hetero) is 1. The largest absolute Gasteiger partial charge is 0.396 e.